The van der Waals surface area contributed by atoms with E-state index in [1.165, 1.54) is 11.8 Å². The Morgan fingerprint density at radius 3 is 2.95 bits per heavy atom. The Morgan fingerprint density at radius 2 is 2.32 bits per heavy atom. The maximum Gasteiger partial charge on any atom is 0.292 e. The molecule has 116 valence electrons. The lowest BCUT2D eigenvalue weighted by Gasteiger charge is -2.02. The lowest BCUT2D eigenvalue weighted by molar-refractivity contribution is 0.0949. The van der Waals surface area contributed by atoms with Crippen LogP contribution in [0.3, 0.4) is 0 Å². The van der Waals surface area contributed by atoms with Crippen LogP contribution in [0.1, 0.15) is 27.7 Å². The largest absolute Gasteiger partial charge is 0.454 e. The predicted octanol–water partition coefficient (Wildman–Crippen LogP) is 2.63. The fourth-order valence-corrected chi connectivity index (χ4v) is 2.99. The zero-order valence-corrected chi connectivity index (χ0v) is 13.8. The first-order valence-electron chi connectivity index (χ1n) is 6.81. The first-order chi connectivity index (χ1) is 10.5. The third-order valence-corrected chi connectivity index (χ3v) is 4.73. The molecule has 2 aromatic heterocycles. The third kappa shape index (κ3) is 3.05. The van der Waals surface area contributed by atoms with Gasteiger partial charge in [0.15, 0.2) is 10.9 Å². The summed E-state index contributed by atoms with van der Waals surface area (Å²) in [5.74, 6) is 1.52. The van der Waals surface area contributed by atoms with E-state index in [-0.39, 0.29) is 11.7 Å². The third-order valence-electron chi connectivity index (χ3n) is 3.29. The average molecular weight is 339 g/mol. The molecule has 1 aliphatic heterocycles. The number of aromatic nitrogens is 2. The number of carbonyl (C=O) groups excluding carboxylic acids is 1. The molecule has 0 atom stereocenters. The van der Waals surface area contributed by atoms with Gasteiger partial charge < -0.3 is 4.42 Å². The highest BCUT2D eigenvalue weighted by Crippen LogP contribution is 2.20. The number of aryl methyl sites for hydroxylation is 1. The quantitative estimate of drug-likeness (QED) is 0.933. The molecular formula is C14H15ClN4O2S. The Hall–Kier alpha value is -1.73. The van der Waals surface area contributed by atoms with E-state index < -0.39 is 0 Å². The van der Waals surface area contributed by atoms with Crippen molar-refractivity contribution in [2.75, 3.05) is 12.3 Å². The van der Waals surface area contributed by atoms with E-state index in [0.29, 0.717) is 22.5 Å². The second kappa shape index (κ2) is 6.18. The van der Waals surface area contributed by atoms with Crippen LogP contribution < -0.4 is 5.32 Å². The molecule has 0 radical (unpaired) electrons. The highest BCUT2D eigenvalue weighted by Gasteiger charge is 2.17. The first kappa shape index (κ1) is 15.2. The molecule has 22 heavy (non-hydrogen) atoms. The molecular weight excluding hydrogens is 324 g/mol. The summed E-state index contributed by atoms with van der Waals surface area (Å²) in [6.45, 7) is 4.92. The van der Waals surface area contributed by atoms with E-state index in [1.54, 1.807) is 16.8 Å². The number of rotatable bonds is 3. The van der Waals surface area contributed by atoms with Gasteiger partial charge in [-0.05, 0) is 26.0 Å². The maximum absolute atomic E-state index is 12.0. The van der Waals surface area contributed by atoms with Crippen molar-refractivity contribution < 1.29 is 9.21 Å². The summed E-state index contributed by atoms with van der Waals surface area (Å²) in [6.07, 6.45) is 0. The van der Waals surface area contributed by atoms with E-state index in [0.717, 1.165) is 23.7 Å². The molecule has 1 amide bonds. The molecule has 0 unspecified atom stereocenters. The lowest BCUT2D eigenvalue weighted by atomic mass is 10.4. The topological polar surface area (TPSA) is 72.4 Å². The number of thioether (sulfide) groups is 1. The van der Waals surface area contributed by atoms with E-state index >= 15 is 0 Å². The van der Waals surface area contributed by atoms with Crippen LogP contribution in [0.5, 0.6) is 0 Å². The normalized spacial score (nSPS) is 14.2. The number of furan rings is 1. The van der Waals surface area contributed by atoms with Crippen molar-refractivity contribution >= 4 is 34.4 Å². The van der Waals surface area contributed by atoms with Crippen molar-refractivity contribution in [1.82, 2.24) is 15.1 Å². The molecule has 1 N–H and O–H groups in total. The Balaban J connectivity index is 1.70. The monoisotopic (exact) mass is 338 g/mol. The smallest absolute Gasteiger partial charge is 0.292 e. The zero-order chi connectivity index (χ0) is 15.7. The van der Waals surface area contributed by atoms with Gasteiger partial charge in [-0.25, -0.2) is 0 Å². The van der Waals surface area contributed by atoms with Gasteiger partial charge in [-0.15, -0.1) is 0 Å². The van der Waals surface area contributed by atoms with Gasteiger partial charge in [-0.3, -0.25) is 19.8 Å². The summed E-state index contributed by atoms with van der Waals surface area (Å²) in [5, 5.41) is 8.38. The number of halogens is 1. The van der Waals surface area contributed by atoms with Gasteiger partial charge in [-0.1, -0.05) is 23.4 Å². The van der Waals surface area contributed by atoms with Gasteiger partial charge in [0.2, 0.25) is 0 Å². The second-order valence-electron chi connectivity index (χ2n) is 4.90. The van der Waals surface area contributed by atoms with E-state index in [4.69, 9.17) is 16.0 Å². The van der Waals surface area contributed by atoms with Crippen LogP contribution in [0.25, 0.3) is 0 Å². The number of aliphatic imine (C=N–C) groups is 1. The van der Waals surface area contributed by atoms with Crippen molar-refractivity contribution in [2.24, 2.45) is 4.99 Å². The number of hydrogen-bond acceptors (Lipinski definition) is 5. The fourth-order valence-electron chi connectivity index (χ4n) is 2.13. The molecule has 2 aromatic rings. The Bertz CT molecular complexity index is 750. The van der Waals surface area contributed by atoms with Crippen LogP contribution in [0.2, 0.25) is 5.02 Å². The minimum Gasteiger partial charge on any atom is -0.454 e. The minimum atomic E-state index is -0.286. The summed E-state index contributed by atoms with van der Waals surface area (Å²) in [5.41, 5.74) is 1.65. The summed E-state index contributed by atoms with van der Waals surface area (Å²) in [4.78, 5) is 16.2. The van der Waals surface area contributed by atoms with Crippen molar-refractivity contribution in [3.05, 3.63) is 40.1 Å². The van der Waals surface area contributed by atoms with Crippen LogP contribution >= 0.6 is 23.4 Å². The lowest BCUT2D eigenvalue weighted by Crippen LogP contribution is -2.26. The molecule has 1 aliphatic rings. The summed E-state index contributed by atoms with van der Waals surface area (Å²) in [6, 6.07) is 3.42. The molecule has 0 fully saturated rings. The van der Waals surface area contributed by atoms with Crippen LogP contribution in [0, 0.1) is 13.8 Å². The van der Waals surface area contributed by atoms with Crippen LogP contribution in [0.4, 0.5) is 0 Å². The van der Waals surface area contributed by atoms with Gasteiger partial charge in [0, 0.05) is 5.75 Å². The molecule has 8 heteroatoms. The van der Waals surface area contributed by atoms with Gasteiger partial charge in [-0.2, -0.15) is 5.10 Å². The van der Waals surface area contributed by atoms with E-state index in [2.05, 4.69) is 15.4 Å². The minimum absolute atomic E-state index is 0.262. The van der Waals surface area contributed by atoms with Gasteiger partial charge in [0.1, 0.15) is 5.76 Å². The number of nitrogens with one attached hydrogen (secondary N) is 1. The molecule has 0 aliphatic carbocycles. The number of nitrogens with zero attached hydrogens (tertiary/aromatic N) is 3. The Morgan fingerprint density at radius 1 is 1.50 bits per heavy atom. The second-order valence-corrected chi connectivity index (χ2v) is 6.36. The fraction of sp³-hybridized carbons (Fsp3) is 0.357. The van der Waals surface area contributed by atoms with Crippen molar-refractivity contribution in [3.63, 3.8) is 0 Å². The van der Waals surface area contributed by atoms with Crippen LogP contribution in [0.15, 0.2) is 21.5 Å². The number of carbonyl (C=O) groups is 1. The SMILES string of the molecule is Cc1nn(Cc2ccc(C(=O)NC3=NCCS3)o2)c(C)c1Cl. The van der Waals surface area contributed by atoms with Crippen LogP contribution in [-0.2, 0) is 6.54 Å². The molecule has 3 rings (SSSR count). The van der Waals surface area contributed by atoms with Gasteiger partial charge in [0.05, 0.1) is 29.5 Å². The van der Waals surface area contributed by atoms with E-state index in [9.17, 15) is 4.79 Å². The summed E-state index contributed by atoms with van der Waals surface area (Å²) >= 11 is 7.65. The molecule has 0 aromatic carbocycles. The van der Waals surface area contributed by atoms with E-state index in [1.807, 2.05) is 13.8 Å². The highest BCUT2D eigenvalue weighted by molar-refractivity contribution is 8.14. The molecule has 3 heterocycles. The van der Waals surface area contributed by atoms with Crippen molar-refractivity contribution in [1.29, 1.82) is 0 Å². The van der Waals surface area contributed by atoms with Crippen LogP contribution in [-0.4, -0.2) is 33.2 Å². The Labute approximate surface area is 136 Å². The number of amides is 1. The van der Waals surface area contributed by atoms with Gasteiger partial charge >= 0.3 is 0 Å². The highest BCUT2D eigenvalue weighted by atomic mass is 35.5. The standard InChI is InChI=1S/C14H15ClN4O2S/c1-8-12(15)9(2)19(18-8)7-10-3-4-11(21-10)13(20)17-14-16-5-6-22-14/h3-4H,5-7H2,1-2H3,(H,16,17,20). The first-order valence-corrected chi connectivity index (χ1v) is 8.18. The molecule has 0 bridgehead atoms. The molecule has 0 spiro atoms. The summed E-state index contributed by atoms with van der Waals surface area (Å²) < 4.78 is 7.34. The molecule has 0 saturated carbocycles. The van der Waals surface area contributed by atoms with Gasteiger partial charge in [0.25, 0.3) is 5.91 Å². The summed E-state index contributed by atoms with van der Waals surface area (Å²) in [7, 11) is 0. The van der Waals surface area contributed by atoms with Crippen molar-refractivity contribution in [2.45, 2.75) is 20.4 Å². The number of hydrogen-bond donors (Lipinski definition) is 1. The molecule has 6 nitrogen and oxygen atoms in total. The number of amidine groups is 1. The predicted molar refractivity (Wildman–Crippen MR) is 86.7 cm³/mol. The molecule has 0 saturated heterocycles. The maximum atomic E-state index is 12.0. The zero-order valence-electron chi connectivity index (χ0n) is 12.2. The Kier molecular flexibility index (Phi) is 4.26. The average Bonchev–Trinajstić information content (AvgIpc) is 3.20. The van der Waals surface area contributed by atoms with Crippen molar-refractivity contribution in [3.8, 4) is 0 Å².